The van der Waals surface area contributed by atoms with Gasteiger partial charge >= 0.3 is 0 Å². The number of benzene rings is 1. The van der Waals surface area contributed by atoms with E-state index in [1.807, 2.05) is 0 Å². The maximum Gasteiger partial charge on any atom is 0.243 e. The molecule has 2 rings (SSSR count). The Balaban J connectivity index is 1.95. The second kappa shape index (κ2) is 6.74. The van der Waals surface area contributed by atoms with Gasteiger partial charge in [-0.2, -0.15) is 4.80 Å². The highest BCUT2D eigenvalue weighted by molar-refractivity contribution is 5.75. The number of unbranched alkanes of at least 4 members (excludes halogenated alkanes) is 1. The summed E-state index contributed by atoms with van der Waals surface area (Å²) in [5.74, 6) is -0.107. The molecule has 2 aromatic rings. The number of halogens is 1. The van der Waals surface area contributed by atoms with Gasteiger partial charge in [0.15, 0.2) is 0 Å². The minimum atomic E-state index is -0.323. The molecule has 0 aliphatic carbocycles. The third-order valence-electron chi connectivity index (χ3n) is 2.69. The highest BCUT2D eigenvalue weighted by Crippen LogP contribution is 2.13. The van der Waals surface area contributed by atoms with E-state index in [1.165, 1.54) is 16.9 Å². The second-order valence-electron chi connectivity index (χ2n) is 4.35. The summed E-state index contributed by atoms with van der Waals surface area (Å²) in [6.07, 6.45) is 1.97. The van der Waals surface area contributed by atoms with Gasteiger partial charge in [-0.15, -0.1) is 10.2 Å². The van der Waals surface area contributed by atoms with Crippen LogP contribution in [0.15, 0.2) is 24.3 Å². The normalized spacial score (nSPS) is 10.5. The first-order valence-corrected chi connectivity index (χ1v) is 6.49. The highest BCUT2D eigenvalue weighted by atomic mass is 19.1. The molecule has 20 heavy (non-hydrogen) atoms. The molecular formula is C13H16FN5O. The van der Waals surface area contributed by atoms with Gasteiger partial charge in [-0.1, -0.05) is 13.3 Å². The molecule has 0 saturated carbocycles. The van der Waals surface area contributed by atoms with E-state index < -0.39 is 0 Å². The Kier molecular flexibility index (Phi) is 4.75. The average molecular weight is 277 g/mol. The number of carbonyl (C=O) groups excluding carboxylic acids is 1. The van der Waals surface area contributed by atoms with E-state index in [4.69, 9.17) is 0 Å². The third-order valence-corrected chi connectivity index (χ3v) is 2.69. The van der Waals surface area contributed by atoms with Crippen molar-refractivity contribution in [3.05, 3.63) is 30.1 Å². The standard InChI is InChI=1S/C13H16FN5O/c1-2-3-8-15-12(20)9-19-17-13(16-18-19)10-4-6-11(14)7-5-10/h4-7H,2-3,8-9H2,1H3,(H,15,20). The minimum Gasteiger partial charge on any atom is -0.354 e. The summed E-state index contributed by atoms with van der Waals surface area (Å²) in [7, 11) is 0. The van der Waals surface area contributed by atoms with Gasteiger partial charge < -0.3 is 5.32 Å². The van der Waals surface area contributed by atoms with Crippen molar-refractivity contribution in [1.82, 2.24) is 25.5 Å². The predicted molar refractivity (Wildman–Crippen MR) is 71.1 cm³/mol. The molecular weight excluding hydrogens is 261 g/mol. The number of hydrogen-bond acceptors (Lipinski definition) is 4. The SMILES string of the molecule is CCCCNC(=O)Cn1nnc(-c2ccc(F)cc2)n1. The van der Waals surface area contributed by atoms with Crippen LogP contribution < -0.4 is 5.32 Å². The van der Waals surface area contributed by atoms with E-state index >= 15 is 0 Å². The number of tetrazole rings is 1. The topological polar surface area (TPSA) is 72.7 Å². The first-order valence-electron chi connectivity index (χ1n) is 6.49. The number of rotatable bonds is 6. The van der Waals surface area contributed by atoms with Gasteiger partial charge in [-0.25, -0.2) is 4.39 Å². The summed E-state index contributed by atoms with van der Waals surface area (Å²) in [4.78, 5) is 12.8. The zero-order chi connectivity index (χ0) is 14.4. The summed E-state index contributed by atoms with van der Waals surface area (Å²) in [6, 6.07) is 5.79. The minimum absolute atomic E-state index is 0.0257. The number of nitrogens with one attached hydrogen (secondary N) is 1. The number of aromatic nitrogens is 4. The van der Waals surface area contributed by atoms with E-state index in [-0.39, 0.29) is 18.3 Å². The van der Waals surface area contributed by atoms with Crippen LogP contribution in [0.2, 0.25) is 0 Å². The molecule has 0 bridgehead atoms. The summed E-state index contributed by atoms with van der Waals surface area (Å²) in [5, 5.41) is 14.5. The molecule has 0 spiro atoms. The Bertz CT molecular complexity index is 566. The second-order valence-corrected chi connectivity index (χ2v) is 4.35. The van der Waals surface area contributed by atoms with Crippen molar-refractivity contribution < 1.29 is 9.18 Å². The Morgan fingerprint density at radius 1 is 1.35 bits per heavy atom. The maximum absolute atomic E-state index is 12.8. The molecule has 0 radical (unpaired) electrons. The van der Waals surface area contributed by atoms with E-state index in [0.29, 0.717) is 17.9 Å². The summed E-state index contributed by atoms with van der Waals surface area (Å²) in [6.45, 7) is 2.73. The Labute approximate surface area is 116 Å². The Hall–Kier alpha value is -2.31. The number of hydrogen-bond donors (Lipinski definition) is 1. The Morgan fingerprint density at radius 3 is 2.80 bits per heavy atom. The molecule has 0 aliphatic rings. The van der Waals surface area contributed by atoms with E-state index in [2.05, 4.69) is 27.7 Å². The van der Waals surface area contributed by atoms with Crippen molar-refractivity contribution >= 4 is 5.91 Å². The lowest BCUT2D eigenvalue weighted by Gasteiger charge is -2.02. The first kappa shape index (κ1) is 14.1. The number of amides is 1. The van der Waals surface area contributed by atoms with Crippen molar-refractivity contribution in [3.63, 3.8) is 0 Å². The maximum atomic E-state index is 12.8. The first-order chi connectivity index (χ1) is 9.69. The van der Waals surface area contributed by atoms with Crippen molar-refractivity contribution in [3.8, 4) is 11.4 Å². The van der Waals surface area contributed by atoms with E-state index in [9.17, 15) is 9.18 Å². The van der Waals surface area contributed by atoms with Gasteiger partial charge in [0.1, 0.15) is 12.4 Å². The molecule has 1 amide bonds. The predicted octanol–water partition coefficient (Wildman–Crippen LogP) is 1.40. The van der Waals surface area contributed by atoms with Crippen LogP contribution >= 0.6 is 0 Å². The smallest absolute Gasteiger partial charge is 0.243 e. The van der Waals surface area contributed by atoms with Crippen molar-refractivity contribution in [2.75, 3.05) is 6.54 Å². The van der Waals surface area contributed by atoms with Crippen LogP contribution in [0.5, 0.6) is 0 Å². The van der Waals surface area contributed by atoms with Crippen molar-refractivity contribution in [2.24, 2.45) is 0 Å². The molecule has 106 valence electrons. The molecule has 1 N–H and O–H groups in total. The molecule has 0 aliphatic heterocycles. The molecule has 0 unspecified atom stereocenters. The molecule has 6 nitrogen and oxygen atoms in total. The van der Waals surface area contributed by atoms with Gasteiger partial charge in [-0.3, -0.25) is 4.79 Å². The van der Waals surface area contributed by atoms with Crippen molar-refractivity contribution in [1.29, 1.82) is 0 Å². The molecule has 7 heteroatoms. The van der Waals surface area contributed by atoms with Gasteiger partial charge in [0.05, 0.1) is 0 Å². The average Bonchev–Trinajstić information content (AvgIpc) is 2.88. The summed E-state index contributed by atoms with van der Waals surface area (Å²) in [5.41, 5.74) is 0.657. The monoisotopic (exact) mass is 277 g/mol. The zero-order valence-corrected chi connectivity index (χ0v) is 11.2. The number of nitrogens with zero attached hydrogens (tertiary/aromatic N) is 4. The summed E-state index contributed by atoms with van der Waals surface area (Å²) >= 11 is 0. The molecule has 0 saturated heterocycles. The lowest BCUT2D eigenvalue weighted by molar-refractivity contribution is -0.122. The van der Waals surface area contributed by atoms with Crippen LogP contribution in [0.25, 0.3) is 11.4 Å². The highest BCUT2D eigenvalue weighted by Gasteiger charge is 2.08. The lowest BCUT2D eigenvalue weighted by Crippen LogP contribution is -2.29. The van der Waals surface area contributed by atoms with Crippen LogP contribution in [0.4, 0.5) is 4.39 Å². The van der Waals surface area contributed by atoms with E-state index in [0.717, 1.165) is 12.8 Å². The van der Waals surface area contributed by atoms with Crippen LogP contribution in [0.3, 0.4) is 0 Å². The lowest BCUT2D eigenvalue weighted by atomic mass is 10.2. The van der Waals surface area contributed by atoms with Crippen LogP contribution in [0.1, 0.15) is 19.8 Å². The number of carbonyl (C=O) groups is 1. The quantitative estimate of drug-likeness (QED) is 0.810. The molecule has 1 aromatic carbocycles. The fraction of sp³-hybridized carbons (Fsp3) is 0.385. The summed E-state index contributed by atoms with van der Waals surface area (Å²) < 4.78 is 12.8. The third kappa shape index (κ3) is 3.84. The van der Waals surface area contributed by atoms with E-state index in [1.54, 1.807) is 12.1 Å². The van der Waals surface area contributed by atoms with Gasteiger partial charge in [0, 0.05) is 12.1 Å². The largest absolute Gasteiger partial charge is 0.354 e. The van der Waals surface area contributed by atoms with Gasteiger partial charge in [0.2, 0.25) is 11.7 Å². The van der Waals surface area contributed by atoms with Gasteiger partial charge in [0.25, 0.3) is 0 Å². The molecule has 1 heterocycles. The fourth-order valence-electron chi connectivity index (χ4n) is 1.61. The van der Waals surface area contributed by atoms with Crippen LogP contribution in [-0.2, 0) is 11.3 Å². The molecule has 1 aromatic heterocycles. The van der Waals surface area contributed by atoms with Gasteiger partial charge in [-0.05, 0) is 35.9 Å². The van der Waals surface area contributed by atoms with Crippen LogP contribution in [-0.4, -0.2) is 32.7 Å². The fourth-order valence-corrected chi connectivity index (χ4v) is 1.61. The zero-order valence-electron chi connectivity index (χ0n) is 11.2. The Morgan fingerprint density at radius 2 is 2.10 bits per heavy atom. The van der Waals surface area contributed by atoms with Crippen molar-refractivity contribution in [2.45, 2.75) is 26.3 Å². The van der Waals surface area contributed by atoms with Crippen LogP contribution in [0, 0.1) is 5.82 Å². The molecule has 0 fully saturated rings. The molecule has 0 atom stereocenters.